The van der Waals surface area contributed by atoms with Crippen LogP contribution in [0.4, 0.5) is 0 Å². The second kappa shape index (κ2) is 9.72. The Hall–Kier alpha value is -4.56. The van der Waals surface area contributed by atoms with Crippen molar-refractivity contribution >= 4 is 33.7 Å². The summed E-state index contributed by atoms with van der Waals surface area (Å²) >= 11 is 0. The molecule has 228 valence electrons. The standard InChI is InChI=1S/C37H36N4O4/c1-19-33-31(44-2)14-26(37(43)41-18-25-9-10-28(41)34(25)38)15-32(33)45-35(19)30-13-23-7-5-22(12-29(23)40(30)17-20-3-4-20)21-6-8-24-16-39-36(42)27(24)11-21/h5-8,11-15,20,25,28,34H,3-4,9-10,16-18,38H2,1-2H3,(H,39,42)/t25?,28?,34-/m1/s1. The number of furan rings is 1. The second-order valence-corrected chi connectivity index (χ2v) is 13.5. The summed E-state index contributed by atoms with van der Waals surface area (Å²) in [5.74, 6) is 2.44. The topological polar surface area (TPSA) is 103 Å². The van der Waals surface area contributed by atoms with Gasteiger partial charge in [-0.3, -0.25) is 9.59 Å². The lowest BCUT2D eigenvalue weighted by Crippen LogP contribution is -2.41. The summed E-state index contributed by atoms with van der Waals surface area (Å²) in [7, 11) is 1.65. The molecule has 1 saturated heterocycles. The number of amides is 2. The minimum absolute atomic E-state index is 0.00661. The van der Waals surface area contributed by atoms with Gasteiger partial charge >= 0.3 is 0 Å². The summed E-state index contributed by atoms with van der Waals surface area (Å²) in [5.41, 5.74) is 14.7. The van der Waals surface area contributed by atoms with Crippen molar-refractivity contribution in [3.8, 4) is 28.3 Å². The average Bonchev–Trinajstić information content (AvgIpc) is 3.26. The van der Waals surface area contributed by atoms with Crippen LogP contribution >= 0.6 is 0 Å². The van der Waals surface area contributed by atoms with Crippen LogP contribution in [0.1, 0.15) is 57.5 Å². The Kier molecular flexibility index (Phi) is 5.79. The predicted molar refractivity (Wildman–Crippen MR) is 173 cm³/mol. The third-order valence-electron chi connectivity index (χ3n) is 10.8. The molecule has 2 unspecified atom stereocenters. The van der Waals surface area contributed by atoms with Crippen molar-refractivity contribution in [3.63, 3.8) is 0 Å². The third kappa shape index (κ3) is 4.08. The highest BCUT2D eigenvalue weighted by Crippen LogP contribution is 2.44. The zero-order chi connectivity index (χ0) is 30.6. The number of nitrogens with two attached hydrogens (primary N) is 1. The van der Waals surface area contributed by atoms with Gasteiger partial charge in [0.1, 0.15) is 11.3 Å². The quantitative estimate of drug-likeness (QED) is 0.240. The van der Waals surface area contributed by atoms with Gasteiger partial charge in [-0.05, 0) is 91.5 Å². The van der Waals surface area contributed by atoms with Crippen LogP contribution in [0.5, 0.6) is 5.75 Å². The molecule has 8 nitrogen and oxygen atoms in total. The van der Waals surface area contributed by atoms with E-state index in [2.05, 4.69) is 47.1 Å². The van der Waals surface area contributed by atoms with Crippen LogP contribution in [0, 0.1) is 18.8 Å². The van der Waals surface area contributed by atoms with Crippen LogP contribution in [-0.4, -0.2) is 47.0 Å². The van der Waals surface area contributed by atoms with E-state index in [1.165, 1.54) is 12.8 Å². The first-order chi connectivity index (χ1) is 21.9. The molecule has 3 aromatic carbocycles. The number of aromatic nitrogens is 1. The number of hydrogen-bond donors (Lipinski definition) is 2. The van der Waals surface area contributed by atoms with Crippen LogP contribution < -0.4 is 15.8 Å². The number of benzene rings is 3. The molecule has 3 atom stereocenters. The molecule has 4 heterocycles. The zero-order valence-corrected chi connectivity index (χ0v) is 25.6. The Labute approximate surface area is 261 Å². The van der Waals surface area contributed by atoms with Crippen molar-refractivity contribution in [3.05, 3.63) is 76.9 Å². The molecule has 0 spiro atoms. The lowest BCUT2D eigenvalue weighted by Gasteiger charge is -2.27. The summed E-state index contributed by atoms with van der Waals surface area (Å²) < 4.78 is 14.9. The van der Waals surface area contributed by atoms with Crippen LogP contribution in [-0.2, 0) is 13.1 Å². The summed E-state index contributed by atoms with van der Waals surface area (Å²) in [4.78, 5) is 28.0. The molecule has 2 aliphatic carbocycles. The number of fused-ring (bicyclic) bond motifs is 5. The molecular formula is C37H36N4O4. The maximum absolute atomic E-state index is 13.7. The molecule has 45 heavy (non-hydrogen) atoms. The molecule has 4 aliphatic rings. The highest BCUT2D eigenvalue weighted by atomic mass is 16.5. The van der Waals surface area contributed by atoms with E-state index in [1.54, 1.807) is 7.11 Å². The highest BCUT2D eigenvalue weighted by Gasteiger charge is 2.47. The van der Waals surface area contributed by atoms with E-state index in [0.717, 1.165) is 81.5 Å². The molecule has 5 aromatic rings. The van der Waals surface area contributed by atoms with Gasteiger partial charge in [-0.25, -0.2) is 0 Å². The number of rotatable bonds is 6. The fourth-order valence-corrected chi connectivity index (χ4v) is 8.09. The predicted octanol–water partition coefficient (Wildman–Crippen LogP) is 6.25. The summed E-state index contributed by atoms with van der Waals surface area (Å²) in [6, 6.07) is 18.8. The Balaban J connectivity index is 1.15. The van der Waals surface area contributed by atoms with Crippen molar-refractivity contribution < 1.29 is 18.7 Å². The molecule has 9 rings (SSSR count). The van der Waals surface area contributed by atoms with Gasteiger partial charge in [-0.15, -0.1) is 0 Å². The highest BCUT2D eigenvalue weighted by molar-refractivity contribution is 6.03. The molecule has 3 N–H and O–H groups in total. The lowest BCUT2D eigenvalue weighted by molar-refractivity contribution is 0.0700. The monoisotopic (exact) mass is 600 g/mol. The number of carbonyl (C=O) groups is 2. The molecule has 2 saturated carbocycles. The van der Waals surface area contributed by atoms with Crippen molar-refractivity contribution in [2.24, 2.45) is 17.6 Å². The number of piperidine rings is 1. The molecular weight excluding hydrogens is 564 g/mol. The van der Waals surface area contributed by atoms with Gasteiger partial charge in [0.05, 0.1) is 18.2 Å². The SMILES string of the molecule is COc1cc(C(=O)N2CC3CCC2[C@@H]3N)cc2oc(-c3cc4ccc(-c5ccc6c(c5)C(=O)NC6)cc4n3CC3CC3)c(C)c12. The van der Waals surface area contributed by atoms with Crippen LogP contribution in [0.3, 0.4) is 0 Å². The maximum atomic E-state index is 13.7. The van der Waals surface area contributed by atoms with Gasteiger partial charge in [0.15, 0.2) is 5.76 Å². The summed E-state index contributed by atoms with van der Waals surface area (Å²) in [6.07, 6.45) is 4.51. The number of aryl methyl sites for hydroxylation is 1. The maximum Gasteiger partial charge on any atom is 0.254 e. The van der Waals surface area contributed by atoms with Crippen molar-refractivity contribution in [2.45, 2.75) is 57.8 Å². The van der Waals surface area contributed by atoms with E-state index >= 15 is 0 Å². The van der Waals surface area contributed by atoms with Gasteiger partial charge in [0, 0.05) is 59.3 Å². The molecule has 2 bridgehead atoms. The number of nitrogens with one attached hydrogen (secondary N) is 1. The Morgan fingerprint density at radius 1 is 1.04 bits per heavy atom. The molecule has 0 radical (unpaired) electrons. The number of ether oxygens (including phenoxy) is 1. The molecule has 2 aromatic heterocycles. The van der Waals surface area contributed by atoms with E-state index in [-0.39, 0.29) is 23.9 Å². The Morgan fingerprint density at radius 3 is 2.62 bits per heavy atom. The number of hydrogen-bond acceptors (Lipinski definition) is 5. The van der Waals surface area contributed by atoms with E-state index in [1.807, 2.05) is 29.2 Å². The lowest BCUT2D eigenvalue weighted by atomic mass is 9.99. The second-order valence-electron chi connectivity index (χ2n) is 13.5. The zero-order valence-electron chi connectivity index (χ0n) is 25.6. The summed E-state index contributed by atoms with van der Waals surface area (Å²) in [6.45, 7) is 4.29. The first-order valence-corrected chi connectivity index (χ1v) is 16.1. The van der Waals surface area contributed by atoms with Crippen molar-refractivity contribution in [1.82, 2.24) is 14.8 Å². The van der Waals surface area contributed by atoms with E-state index in [4.69, 9.17) is 14.9 Å². The van der Waals surface area contributed by atoms with Crippen molar-refractivity contribution in [1.29, 1.82) is 0 Å². The normalized spacial score (nSPS) is 22.1. The minimum atomic E-state index is -0.00999. The minimum Gasteiger partial charge on any atom is -0.496 e. The van der Waals surface area contributed by atoms with Gasteiger partial charge in [0.25, 0.3) is 11.8 Å². The number of methoxy groups -OCH3 is 1. The Morgan fingerprint density at radius 2 is 1.87 bits per heavy atom. The fourth-order valence-electron chi connectivity index (χ4n) is 8.09. The smallest absolute Gasteiger partial charge is 0.254 e. The number of nitrogens with zero attached hydrogens (tertiary/aromatic N) is 2. The fraction of sp³-hybridized carbons (Fsp3) is 0.351. The number of carbonyl (C=O) groups excluding carboxylic acids is 2. The molecule has 2 aliphatic heterocycles. The van der Waals surface area contributed by atoms with E-state index in [9.17, 15) is 9.59 Å². The largest absolute Gasteiger partial charge is 0.496 e. The number of likely N-dealkylation sites (tertiary alicyclic amines) is 1. The third-order valence-corrected chi connectivity index (χ3v) is 10.8. The van der Waals surface area contributed by atoms with Gasteiger partial charge in [-0.2, -0.15) is 0 Å². The average molecular weight is 601 g/mol. The Bertz CT molecular complexity index is 2070. The van der Waals surface area contributed by atoms with Crippen LogP contribution in [0.15, 0.2) is 59.0 Å². The molecule has 3 fully saturated rings. The van der Waals surface area contributed by atoms with Gasteiger partial charge in [-0.1, -0.05) is 24.3 Å². The van der Waals surface area contributed by atoms with E-state index in [0.29, 0.717) is 35.3 Å². The van der Waals surface area contributed by atoms with E-state index < -0.39 is 0 Å². The van der Waals surface area contributed by atoms with Crippen molar-refractivity contribution in [2.75, 3.05) is 13.7 Å². The summed E-state index contributed by atoms with van der Waals surface area (Å²) in [5, 5.41) is 4.95. The molecule has 8 heteroatoms. The van der Waals surface area contributed by atoms with Crippen LogP contribution in [0.2, 0.25) is 0 Å². The van der Waals surface area contributed by atoms with Gasteiger partial charge in [0.2, 0.25) is 0 Å². The molecule has 2 amide bonds. The first kappa shape index (κ1) is 26.8. The van der Waals surface area contributed by atoms with Crippen LogP contribution in [0.25, 0.3) is 44.5 Å². The van der Waals surface area contributed by atoms with Gasteiger partial charge < -0.3 is 29.7 Å². The first-order valence-electron chi connectivity index (χ1n) is 16.1.